The predicted molar refractivity (Wildman–Crippen MR) is 315 cm³/mol. The van der Waals surface area contributed by atoms with Crippen molar-refractivity contribution in [2.75, 3.05) is 9.80 Å². The van der Waals surface area contributed by atoms with E-state index in [0.717, 1.165) is 34.1 Å². The van der Waals surface area contributed by atoms with Crippen LogP contribution in [0.5, 0.6) is 0 Å². The Bertz CT molecular complexity index is 4380. The summed E-state index contributed by atoms with van der Waals surface area (Å²) in [5, 5.41) is 9.96. The van der Waals surface area contributed by atoms with E-state index >= 15 is 0 Å². The molecule has 11 aromatic carbocycles. The van der Waals surface area contributed by atoms with Gasteiger partial charge in [0.2, 0.25) is 0 Å². The smallest absolute Gasteiger partial charge is 0.0641 e. The summed E-state index contributed by atoms with van der Waals surface area (Å²) in [6, 6.07) is 85.8. The highest BCUT2D eigenvalue weighted by Gasteiger charge is 2.29. The highest BCUT2D eigenvalue weighted by atomic mass is 15.2. The van der Waals surface area contributed by atoms with Crippen LogP contribution in [0.3, 0.4) is 0 Å². The van der Waals surface area contributed by atoms with Crippen molar-refractivity contribution in [3.05, 3.63) is 253 Å². The van der Waals surface area contributed by atoms with Gasteiger partial charge in [-0.25, -0.2) is 0 Å². The molecule has 0 fully saturated rings. The van der Waals surface area contributed by atoms with Crippen molar-refractivity contribution >= 4 is 110 Å². The van der Waals surface area contributed by atoms with Crippen LogP contribution in [0.2, 0.25) is 0 Å². The van der Waals surface area contributed by atoms with Gasteiger partial charge in [-0.3, -0.25) is 0 Å². The van der Waals surface area contributed by atoms with Crippen LogP contribution in [0.25, 0.3) is 98.4 Å². The number of anilines is 6. The van der Waals surface area contributed by atoms with Crippen LogP contribution in [-0.2, 0) is 0 Å². The Hall–Kier alpha value is -9.38. The molecule has 0 atom stereocenters. The highest BCUT2D eigenvalue weighted by molar-refractivity contribution is 6.32. The SMILES string of the molecule is Cc1ccc(N(c2cccc(C)c2-c2ccccc2)c2ccc3c4cc5c(cc4n4c6ccccc6c2c34)c2ccc(N(c3ccc(C)cc3)c3cccc(C)c3-c3ccccc3)c3c4ccccc4n5c23)cc1. The molecule has 0 aliphatic heterocycles. The van der Waals surface area contributed by atoms with Crippen molar-refractivity contribution in [3.63, 3.8) is 0 Å². The monoisotopic (exact) mass is 946 g/mol. The number of hydrogen-bond donors (Lipinski definition) is 0. The number of aryl methyl sites for hydroxylation is 4. The minimum atomic E-state index is 1.12. The van der Waals surface area contributed by atoms with Crippen molar-refractivity contribution in [2.24, 2.45) is 0 Å². The predicted octanol–water partition coefficient (Wildman–Crippen LogP) is 19.5. The Morgan fingerprint density at radius 3 is 1.09 bits per heavy atom. The molecule has 0 saturated carbocycles. The van der Waals surface area contributed by atoms with Gasteiger partial charge in [0, 0.05) is 65.6 Å². The van der Waals surface area contributed by atoms with Gasteiger partial charge in [0.25, 0.3) is 0 Å². The molecule has 4 aromatic heterocycles. The molecule has 0 radical (unpaired) electrons. The average molecular weight is 947 g/mol. The fourth-order valence-corrected chi connectivity index (χ4v) is 12.7. The fraction of sp³-hybridized carbons (Fsp3) is 0.0571. The maximum atomic E-state index is 2.56. The first-order chi connectivity index (χ1) is 36.4. The van der Waals surface area contributed by atoms with Crippen LogP contribution in [-0.4, -0.2) is 8.80 Å². The zero-order chi connectivity index (χ0) is 49.3. The Kier molecular flexibility index (Phi) is 9.19. The van der Waals surface area contributed by atoms with Crippen LogP contribution in [0.15, 0.2) is 231 Å². The zero-order valence-corrected chi connectivity index (χ0v) is 41.7. The van der Waals surface area contributed by atoms with Crippen LogP contribution < -0.4 is 9.80 Å². The molecule has 74 heavy (non-hydrogen) atoms. The first-order valence-corrected chi connectivity index (χ1v) is 25.8. The van der Waals surface area contributed by atoms with Gasteiger partial charge in [-0.15, -0.1) is 0 Å². The molecule has 15 rings (SSSR count). The molecule has 4 nitrogen and oxygen atoms in total. The van der Waals surface area contributed by atoms with E-state index in [0.29, 0.717) is 0 Å². The van der Waals surface area contributed by atoms with Crippen LogP contribution in [0, 0.1) is 27.7 Å². The summed E-state index contributed by atoms with van der Waals surface area (Å²) in [5.74, 6) is 0. The molecule has 0 aliphatic rings. The normalized spacial score (nSPS) is 12.1. The summed E-state index contributed by atoms with van der Waals surface area (Å²) in [4.78, 5) is 5.01. The minimum absolute atomic E-state index is 1.12. The lowest BCUT2D eigenvalue weighted by Crippen LogP contribution is -2.12. The van der Waals surface area contributed by atoms with Gasteiger partial charge in [0.1, 0.15) is 0 Å². The van der Waals surface area contributed by atoms with E-state index in [2.05, 4.69) is 277 Å². The Morgan fingerprint density at radius 1 is 0.284 bits per heavy atom. The van der Waals surface area contributed by atoms with E-state index in [1.807, 2.05) is 0 Å². The van der Waals surface area contributed by atoms with Crippen molar-refractivity contribution in [3.8, 4) is 22.3 Å². The van der Waals surface area contributed by atoms with Crippen molar-refractivity contribution in [1.82, 2.24) is 8.80 Å². The van der Waals surface area contributed by atoms with Crippen molar-refractivity contribution in [2.45, 2.75) is 27.7 Å². The third kappa shape index (κ3) is 6.03. The van der Waals surface area contributed by atoms with Gasteiger partial charge in [0.05, 0.1) is 55.8 Å². The van der Waals surface area contributed by atoms with Gasteiger partial charge < -0.3 is 18.6 Å². The summed E-state index contributed by atoms with van der Waals surface area (Å²) >= 11 is 0. The van der Waals surface area contributed by atoms with E-state index in [-0.39, 0.29) is 0 Å². The lowest BCUT2D eigenvalue weighted by Gasteiger charge is -2.29. The number of benzene rings is 11. The quantitative estimate of drug-likeness (QED) is 0.151. The van der Waals surface area contributed by atoms with Gasteiger partial charge >= 0.3 is 0 Å². The molecule has 0 amide bonds. The van der Waals surface area contributed by atoms with E-state index in [9.17, 15) is 0 Å². The van der Waals surface area contributed by atoms with Gasteiger partial charge in [-0.2, -0.15) is 0 Å². The molecule has 0 saturated heterocycles. The van der Waals surface area contributed by atoms with Gasteiger partial charge in [-0.1, -0.05) is 169 Å². The Labute approximate surface area is 429 Å². The van der Waals surface area contributed by atoms with Crippen LogP contribution >= 0.6 is 0 Å². The minimum Gasteiger partial charge on any atom is -0.309 e. The zero-order valence-electron chi connectivity index (χ0n) is 41.7. The van der Waals surface area contributed by atoms with Crippen LogP contribution in [0.1, 0.15) is 22.3 Å². The first kappa shape index (κ1) is 42.3. The van der Waals surface area contributed by atoms with E-state index in [1.165, 1.54) is 121 Å². The second kappa shape index (κ2) is 16.1. The summed E-state index contributed by atoms with van der Waals surface area (Å²) in [6.45, 7) is 8.81. The van der Waals surface area contributed by atoms with Crippen LogP contribution in [0.4, 0.5) is 34.1 Å². The van der Waals surface area contributed by atoms with E-state index < -0.39 is 0 Å². The first-order valence-electron chi connectivity index (χ1n) is 25.8. The molecular weight excluding hydrogens is 897 g/mol. The number of aromatic nitrogens is 2. The number of nitrogens with zero attached hydrogens (tertiary/aromatic N) is 4. The number of fused-ring (bicyclic) bond motifs is 12. The highest BCUT2D eigenvalue weighted by Crippen LogP contribution is 2.53. The number of hydrogen-bond acceptors (Lipinski definition) is 2. The van der Waals surface area contributed by atoms with E-state index in [1.54, 1.807) is 0 Å². The molecule has 4 heteroatoms. The van der Waals surface area contributed by atoms with Crippen molar-refractivity contribution in [1.29, 1.82) is 0 Å². The molecule has 0 unspecified atom stereocenters. The summed E-state index contributed by atoms with van der Waals surface area (Å²) in [5.41, 5.74) is 24.0. The second-order valence-electron chi connectivity index (χ2n) is 20.3. The third-order valence-corrected chi connectivity index (χ3v) is 15.9. The molecule has 0 aliphatic carbocycles. The summed E-state index contributed by atoms with van der Waals surface area (Å²) < 4.78 is 5.11. The van der Waals surface area contributed by atoms with Gasteiger partial charge in [0.15, 0.2) is 0 Å². The maximum Gasteiger partial charge on any atom is 0.0641 e. The van der Waals surface area contributed by atoms with Gasteiger partial charge in [-0.05, 0) is 123 Å². The fourth-order valence-electron chi connectivity index (χ4n) is 12.7. The molecular formula is C70H50N4. The molecule has 0 bridgehead atoms. The molecule has 0 N–H and O–H groups in total. The molecule has 0 spiro atoms. The summed E-state index contributed by atoms with van der Waals surface area (Å²) in [7, 11) is 0. The van der Waals surface area contributed by atoms with E-state index in [4.69, 9.17) is 0 Å². The standard InChI is InChI=1S/C70H50N4/c1-43-29-33-49(34-30-43)71(59-27-15-17-45(3)65(59)47-19-7-5-8-20-47)61-39-37-51-55-41-64-56(42-63(55)73-57-25-13-11-23-53(57)67(61)69(51)73)52-38-40-62(68-54-24-12-14-26-58(54)74(64)70(52)68)72(50-35-31-44(2)32-36-50)60-28-16-18-46(4)66(60)48-21-9-6-10-22-48/h5-42H,1-4H3. The maximum absolute atomic E-state index is 2.56. The lowest BCUT2D eigenvalue weighted by molar-refractivity contribution is 1.28. The molecule has 350 valence electrons. The second-order valence-corrected chi connectivity index (χ2v) is 20.3. The van der Waals surface area contributed by atoms with Crippen molar-refractivity contribution < 1.29 is 0 Å². The number of para-hydroxylation sites is 2. The number of rotatable bonds is 8. The topological polar surface area (TPSA) is 15.3 Å². The largest absolute Gasteiger partial charge is 0.309 e. The molecule has 15 aromatic rings. The molecule has 4 heterocycles. The summed E-state index contributed by atoms with van der Waals surface area (Å²) in [6.07, 6.45) is 0. The average Bonchev–Trinajstić information content (AvgIpc) is 4.17. The lowest BCUT2D eigenvalue weighted by atomic mass is 9.96. The Morgan fingerprint density at radius 2 is 0.676 bits per heavy atom. The third-order valence-electron chi connectivity index (χ3n) is 15.9. The Balaban J connectivity index is 1.02.